The quantitative estimate of drug-likeness (QED) is 0.602. The van der Waals surface area contributed by atoms with E-state index in [1.54, 1.807) is 4.89 Å². The molecular weight excluding hydrogens is 284 g/mol. The van der Waals surface area contributed by atoms with Gasteiger partial charge in [-0.2, -0.15) is 0 Å². The maximum atomic E-state index is 11.8. The van der Waals surface area contributed by atoms with Gasteiger partial charge in [0.15, 0.2) is 0 Å². The second-order valence-electron chi connectivity index (χ2n) is 3.22. The monoisotopic (exact) mass is 294 g/mol. The molecular formula is C8H10N2O6S2. The second kappa shape index (κ2) is 5.44. The van der Waals surface area contributed by atoms with Gasteiger partial charge in [0.25, 0.3) is 10.0 Å². The average Bonchev–Trinajstić information content (AvgIpc) is 2.59. The van der Waals surface area contributed by atoms with Crippen molar-refractivity contribution < 1.29 is 28.0 Å². The first-order valence-electron chi connectivity index (χ1n) is 4.49. The number of sulfonamides is 1. The zero-order valence-electron chi connectivity index (χ0n) is 9.17. The molecule has 0 aliphatic rings. The molecule has 18 heavy (non-hydrogen) atoms. The van der Waals surface area contributed by atoms with Crippen LogP contribution < -0.4 is 10.6 Å². The second-order valence-corrected chi connectivity index (χ2v) is 5.69. The highest BCUT2D eigenvalue weighted by atomic mass is 32.2. The van der Waals surface area contributed by atoms with Crippen LogP contribution in [0.25, 0.3) is 0 Å². The average molecular weight is 294 g/mol. The molecule has 1 aromatic heterocycles. The van der Waals surface area contributed by atoms with Gasteiger partial charge in [0, 0.05) is 0 Å². The SMILES string of the molecule is Cc1csc(C(=O)O)c1S(=O)(=O)NOCC(N)=O. The smallest absolute Gasteiger partial charge is 0.347 e. The fourth-order valence-electron chi connectivity index (χ4n) is 1.13. The lowest BCUT2D eigenvalue weighted by Gasteiger charge is -2.06. The van der Waals surface area contributed by atoms with Crippen LogP contribution in [-0.2, 0) is 19.7 Å². The van der Waals surface area contributed by atoms with Crippen LogP contribution in [0.4, 0.5) is 0 Å². The summed E-state index contributed by atoms with van der Waals surface area (Å²) >= 11 is 0.785. The maximum Gasteiger partial charge on any atom is 0.347 e. The molecule has 1 amide bonds. The van der Waals surface area contributed by atoms with Gasteiger partial charge < -0.3 is 10.8 Å². The summed E-state index contributed by atoms with van der Waals surface area (Å²) in [6.07, 6.45) is 0. The molecule has 4 N–H and O–H groups in total. The van der Waals surface area contributed by atoms with Gasteiger partial charge in [-0.1, -0.05) is 4.89 Å². The van der Waals surface area contributed by atoms with Crippen LogP contribution in [0, 0.1) is 6.92 Å². The number of carboxylic acids is 1. The lowest BCUT2D eigenvalue weighted by atomic mass is 10.3. The summed E-state index contributed by atoms with van der Waals surface area (Å²) in [6, 6.07) is 0. The minimum absolute atomic E-state index is 0.271. The van der Waals surface area contributed by atoms with Crippen LogP contribution in [0.15, 0.2) is 10.3 Å². The van der Waals surface area contributed by atoms with Crippen LogP contribution in [0.5, 0.6) is 0 Å². The number of primary amides is 1. The van der Waals surface area contributed by atoms with E-state index in [4.69, 9.17) is 10.8 Å². The molecule has 0 atom stereocenters. The topological polar surface area (TPSA) is 136 Å². The van der Waals surface area contributed by atoms with E-state index in [0.29, 0.717) is 0 Å². The van der Waals surface area contributed by atoms with Crippen LogP contribution in [0.3, 0.4) is 0 Å². The Morgan fingerprint density at radius 1 is 1.56 bits per heavy atom. The van der Waals surface area contributed by atoms with E-state index in [1.807, 2.05) is 0 Å². The standard InChI is InChI=1S/C8H10N2O6S2/c1-4-3-17-6(8(12)13)7(4)18(14,15)10-16-2-5(9)11/h3,10H,2H2,1H3,(H2,9,11)(H,12,13). The van der Waals surface area contributed by atoms with Gasteiger partial charge in [-0.3, -0.25) is 9.63 Å². The molecule has 0 fully saturated rings. The molecule has 0 bridgehead atoms. The van der Waals surface area contributed by atoms with Gasteiger partial charge in [0.1, 0.15) is 16.4 Å². The third kappa shape index (κ3) is 3.26. The predicted octanol–water partition coefficient (Wildman–Crippen LogP) is -0.550. The molecule has 0 unspecified atom stereocenters. The highest BCUT2D eigenvalue weighted by molar-refractivity contribution is 7.89. The van der Waals surface area contributed by atoms with E-state index in [9.17, 15) is 18.0 Å². The number of nitrogens with two attached hydrogens (primary N) is 1. The number of hydrogen-bond donors (Lipinski definition) is 3. The lowest BCUT2D eigenvalue weighted by molar-refractivity contribution is -0.123. The van der Waals surface area contributed by atoms with Crippen molar-refractivity contribution in [2.24, 2.45) is 5.73 Å². The Balaban J connectivity index is 3.01. The summed E-state index contributed by atoms with van der Waals surface area (Å²) in [5.74, 6) is -2.22. The number of rotatable bonds is 6. The van der Waals surface area contributed by atoms with Gasteiger partial charge in [-0.05, 0) is 17.9 Å². The summed E-state index contributed by atoms with van der Waals surface area (Å²) in [5.41, 5.74) is 5.03. The molecule has 8 nitrogen and oxygen atoms in total. The molecule has 1 rings (SSSR count). The minimum Gasteiger partial charge on any atom is -0.477 e. The van der Waals surface area contributed by atoms with E-state index in [0.717, 1.165) is 11.3 Å². The highest BCUT2D eigenvalue weighted by Crippen LogP contribution is 2.26. The fourth-order valence-corrected chi connectivity index (χ4v) is 3.58. The Hall–Kier alpha value is -1.49. The highest BCUT2D eigenvalue weighted by Gasteiger charge is 2.27. The Kier molecular flexibility index (Phi) is 4.40. The van der Waals surface area contributed by atoms with Gasteiger partial charge in [-0.25, -0.2) is 13.2 Å². The molecule has 0 aliphatic heterocycles. The Labute approximate surface area is 106 Å². The molecule has 10 heteroatoms. The van der Waals surface area contributed by atoms with Crippen molar-refractivity contribution in [3.63, 3.8) is 0 Å². The first kappa shape index (κ1) is 14.6. The molecule has 100 valence electrons. The molecule has 0 saturated carbocycles. The largest absolute Gasteiger partial charge is 0.477 e. The summed E-state index contributed by atoms with van der Waals surface area (Å²) in [4.78, 5) is 26.6. The molecule has 0 spiro atoms. The Morgan fingerprint density at radius 2 is 2.17 bits per heavy atom. The zero-order chi connectivity index (χ0) is 13.9. The van der Waals surface area contributed by atoms with E-state index in [2.05, 4.69) is 4.84 Å². The fraction of sp³-hybridized carbons (Fsp3) is 0.250. The lowest BCUT2D eigenvalue weighted by Crippen LogP contribution is -2.30. The maximum absolute atomic E-state index is 11.8. The van der Waals surface area contributed by atoms with Gasteiger partial charge in [-0.15, -0.1) is 11.3 Å². The first-order chi connectivity index (χ1) is 8.25. The van der Waals surface area contributed by atoms with Crippen molar-refractivity contribution in [2.45, 2.75) is 11.8 Å². The molecule has 1 aromatic rings. The molecule has 0 aromatic carbocycles. The number of aromatic carboxylic acids is 1. The molecule has 1 heterocycles. The predicted molar refractivity (Wildman–Crippen MR) is 61.5 cm³/mol. The van der Waals surface area contributed by atoms with Crippen molar-refractivity contribution in [3.8, 4) is 0 Å². The van der Waals surface area contributed by atoms with Gasteiger partial charge in [0.2, 0.25) is 5.91 Å². The van der Waals surface area contributed by atoms with Crippen LogP contribution in [0.1, 0.15) is 15.2 Å². The van der Waals surface area contributed by atoms with Crippen LogP contribution >= 0.6 is 11.3 Å². The molecule has 0 aliphatic carbocycles. The van der Waals surface area contributed by atoms with E-state index < -0.39 is 28.5 Å². The van der Waals surface area contributed by atoms with Crippen LogP contribution in [0.2, 0.25) is 0 Å². The third-order valence-corrected chi connectivity index (χ3v) is 4.38. The summed E-state index contributed by atoms with van der Waals surface area (Å²) in [7, 11) is -4.17. The van der Waals surface area contributed by atoms with Crippen LogP contribution in [-0.4, -0.2) is 32.0 Å². The first-order valence-corrected chi connectivity index (χ1v) is 6.85. The van der Waals surface area contributed by atoms with E-state index in [-0.39, 0.29) is 15.3 Å². The molecule has 0 radical (unpaired) electrons. The van der Waals surface area contributed by atoms with Crippen molar-refractivity contribution in [3.05, 3.63) is 15.8 Å². The van der Waals surface area contributed by atoms with E-state index in [1.165, 1.54) is 12.3 Å². The van der Waals surface area contributed by atoms with Gasteiger partial charge >= 0.3 is 5.97 Å². The number of hydrogen-bond acceptors (Lipinski definition) is 6. The summed E-state index contributed by atoms with van der Waals surface area (Å²) < 4.78 is 23.6. The number of aryl methyl sites for hydroxylation is 1. The van der Waals surface area contributed by atoms with Crippen molar-refractivity contribution in [1.29, 1.82) is 0 Å². The summed E-state index contributed by atoms with van der Waals surface area (Å²) in [6.45, 7) is 0.802. The van der Waals surface area contributed by atoms with Crippen molar-refractivity contribution >= 4 is 33.2 Å². The normalized spacial score (nSPS) is 11.4. The zero-order valence-corrected chi connectivity index (χ0v) is 10.8. The van der Waals surface area contributed by atoms with Crippen molar-refractivity contribution in [2.75, 3.05) is 6.61 Å². The number of carboxylic acid groups (broad SMARTS) is 1. The van der Waals surface area contributed by atoms with Gasteiger partial charge in [0.05, 0.1) is 0 Å². The number of nitrogens with one attached hydrogen (secondary N) is 1. The van der Waals surface area contributed by atoms with E-state index >= 15 is 0 Å². The molecule has 0 saturated heterocycles. The number of thiophene rings is 1. The Bertz CT molecular complexity index is 576. The summed E-state index contributed by atoms with van der Waals surface area (Å²) in [5, 5.41) is 10.3. The number of carbonyl (C=O) groups excluding carboxylic acids is 1. The number of amides is 1. The Morgan fingerprint density at radius 3 is 2.67 bits per heavy atom. The number of carbonyl (C=O) groups is 2. The third-order valence-electron chi connectivity index (χ3n) is 1.76. The van der Waals surface area contributed by atoms with Crippen molar-refractivity contribution in [1.82, 2.24) is 4.89 Å². The minimum atomic E-state index is -4.17.